The molecule has 5 heteroatoms. The lowest BCUT2D eigenvalue weighted by atomic mass is 10.1. The number of ether oxygens (including phenoxy) is 1. The third-order valence-corrected chi connectivity index (χ3v) is 3.85. The van der Waals surface area contributed by atoms with Gasteiger partial charge in [-0.1, -0.05) is 42.5 Å². The highest BCUT2D eigenvalue weighted by atomic mass is 16.5. The fraction of sp³-hybridized carbons (Fsp3) is 0.100. The van der Waals surface area contributed by atoms with Gasteiger partial charge in [-0.2, -0.15) is 0 Å². The van der Waals surface area contributed by atoms with E-state index in [1.165, 1.54) is 7.11 Å². The minimum absolute atomic E-state index is 0.0428. The van der Waals surface area contributed by atoms with Gasteiger partial charge in [0.2, 0.25) is 0 Å². The van der Waals surface area contributed by atoms with Gasteiger partial charge in [0, 0.05) is 5.56 Å². The Bertz CT molecular complexity index is 976. The molecule has 2 aromatic carbocycles. The lowest BCUT2D eigenvalue weighted by Gasteiger charge is -2.06. The topological polar surface area (TPSA) is 75.2 Å². The lowest BCUT2D eigenvalue weighted by Crippen LogP contribution is -2.14. The number of hydrogen-bond acceptors (Lipinski definition) is 4. The van der Waals surface area contributed by atoms with Crippen LogP contribution in [-0.2, 0) is 0 Å². The lowest BCUT2D eigenvalue weighted by molar-refractivity contribution is 0.373. The standard InChI is InChI=1S/C20H18N2O3/c1-13-18(14-7-4-3-5-8-14)20(24)22-17(21-13)12-11-15-9-6-10-16(25-2)19(15)23/h3-12,23H,1-2H3,(H,21,22,24)/b12-11+. The van der Waals surface area contributed by atoms with Crippen LogP contribution in [0, 0.1) is 6.92 Å². The van der Waals surface area contributed by atoms with Gasteiger partial charge in [0.05, 0.1) is 18.4 Å². The molecule has 0 fully saturated rings. The largest absolute Gasteiger partial charge is 0.504 e. The molecule has 2 N–H and O–H groups in total. The number of rotatable bonds is 4. The van der Waals surface area contributed by atoms with Crippen LogP contribution in [0.4, 0.5) is 0 Å². The number of methoxy groups -OCH3 is 1. The van der Waals surface area contributed by atoms with Crippen molar-refractivity contribution in [3.63, 3.8) is 0 Å². The van der Waals surface area contributed by atoms with Gasteiger partial charge in [0.1, 0.15) is 5.82 Å². The highest BCUT2D eigenvalue weighted by molar-refractivity contribution is 5.73. The molecule has 5 nitrogen and oxygen atoms in total. The van der Waals surface area contributed by atoms with Crippen molar-refractivity contribution < 1.29 is 9.84 Å². The summed E-state index contributed by atoms with van der Waals surface area (Å²) in [5, 5.41) is 10.1. The fourth-order valence-electron chi connectivity index (χ4n) is 2.64. The number of hydrogen-bond donors (Lipinski definition) is 2. The molecule has 3 rings (SSSR count). The molecule has 25 heavy (non-hydrogen) atoms. The number of aromatic amines is 1. The van der Waals surface area contributed by atoms with Crippen LogP contribution in [0.2, 0.25) is 0 Å². The summed E-state index contributed by atoms with van der Waals surface area (Å²) in [7, 11) is 1.49. The summed E-state index contributed by atoms with van der Waals surface area (Å²) in [6.45, 7) is 1.80. The highest BCUT2D eigenvalue weighted by Gasteiger charge is 2.09. The van der Waals surface area contributed by atoms with Gasteiger partial charge in [0.25, 0.3) is 5.56 Å². The number of nitrogens with zero attached hydrogens (tertiary/aromatic N) is 1. The molecule has 0 unspecified atom stereocenters. The number of aromatic hydroxyl groups is 1. The van der Waals surface area contributed by atoms with Crippen molar-refractivity contribution in [2.45, 2.75) is 6.92 Å². The summed E-state index contributed by atoms with van der Waals surface area (Å²) >= 11 is 0. The van der Waals surface area contributed by atoms with E-state index in [1.807, 2.05) is 30.3 Å². The quantitative estimate of drug-likeness (QED) is 0.764. The van der Waals surface area contributed by atoms with E-state index in [2.05, 4.69) is 9.97 Å². The molecule has 0 bridgehead atoms. The normalized spacial score (nSPS) is 11.0. The van der Waals surface area contributed by atoms with Gasteiger partial charge in [-0.15, -0.1) is 0 Å². The predicted molar refractivity (Wildman–Crippen MR) is 98.6 cm³/mol. The van der Waals surface area contributed by atoms with Crippen molar-refractivity contribution in [3.8, 4) is 22.6 Å². The average Bonchev–Trinajstić information content (AvgIpc) is 2.61. The summed E-state index contributed by atoms with van der Waals surface area (Å²) in [6, 6.07) is 14.6. The van der Waals surface area contributed by atoms with Crippen molar-refractivity contribution in [3.05, 3.63) is 76.0 Å². The maximum Gasteiger partial charge on any atom is 0.259 e. The number of aromatic nitrogens is 2. The number of para-hydroxylation sites is 1. The van der Waals surface area contributed by atoms with E-state index in [0.29, 0.717) is 28.4 Å². The van der Waals surface area contributed by atoms with E-state index in [0.717, 1.165) is 5.56 Å². The Hall–Kier alpha value is -3.34. The Morgan fingerprint density at radius 1 is 1.08 bits per heavy atom. The third-order valence-electron chi connectivity index (χ3n) is 3.85. The molecule has 126 valence electrons. The molecule has 0 spiro atoms. The van der Waals surface area contributed by atoms with Crippen LogP contribution in [-0.4, -0.2) is 22.2 Å². The Balaban J connectivity index is 1.97. The average molecular weight is 334 g/mol. The van der Waals surface area contributed by atoms with E-state index in [-0.39, 0.29) is 11.3 Å². The van der Waals surface area contributed by atoms with Gasteiger partial charge in [-0.05, 0) is 30.7 Å². The van der Waals surface area contributed by atoms with Crippen LogP contribution in [0.15, 0.2) is 53.3 Å². The Morgan fingerprint density at radius 2 is 1.84 bits per heavy atom. The monoisotopic (exact) mass is 334 g/mol. The maximum absolute atomic E-state index is 12.4. The molecule has 0 aliphatic heterocycles. The molecule has 0 aliphatic carbocycles. The smallest absolute Gasteiger partial charge is 0.259 e. The number of phenolic OH excluding ortho intramolecular Hbond substituents is 1. The summed E-state index contributed by atoms with van der Waals surface area (Å²) in [5.41, 5.74) is 2.40. The van der Waals surface area contributed by atoms with Crippen LogP contribution in [0.25, 0.3) is 23.3 Å². The van der Waals surface area contributed by atoms with E-state index >= 15 is 0 Å². The molecule has 3 aromatic rings. The van der Waals surface area contributed by atoms with Crippen molar-refractivity contribution in [2.75, 3.05) is 7.11 Å². The van der Waals surface area contributed by atoms with Gasteiger partial charge >= 0.3 is 0 Å². The van der Waals surface area contributed by atoms with Gasteiger partial charge < -0.3 is 14.8 Å². The minimum Gasteiger partial charge on any atom is -0.504 e. The summed E-state index contributed by atoms with van der Waals surface area (Å²) in [5.74, 6) is 0.852. The molecule has 1 heterocycles. The van der Waals surface area contributed by atoms with E-state index < -0.39 is 0 Å². The second-order valence-electron chi connectivity index (χ2n) is 5.51. The molecule has 0 saturated heterocycles. The van der Waals surface area contributed by atoms with Crippen LogP contribution in [0.5, 0.6) is 11.5 Å². The second kappa shape index (κ2) is 7.05. The number of aryl methyl sites for hydroxylation is 1. The second-order valence-corrected chi connectivity index (χ2v) is 5.51. The Morgan fingerprint density at radius 3 is 2.52 bits per heavy atom. The first kappa shape index (κ1) is 16.5. The summed E-state index contributed by atoms with van der Waals surface area (Å²) < 4.78 is 5.08. The minimum atomic E-state index is -0.201. The van der Waals surface area contributed by atoms with Gasteiger partial charge in [-0.3, -0.25) is 4.79 Å². The Kier molecular flexibility index (Phi) is 4.66. The number of benzene rings is 2. The zero-order valence-corrected chi connectivity index (χ0v) is 14.0. The third kappa shape index (κ3) is 3.45. The number of H-pyrrole nitrogens is 1. The molecule has 0 radical (unpaired) electrons. The molecule has 0 amide bonds. The van der Waals surface area contributed by atoms with Crippen molar-refractivity contribution in [2.24, 2.45) is 0 Å². The molecule has 0 aliphatic rings. The fourth-order valence-corrected chi connectivity index (χ4v) is 2.64. The van der Waals surface area contributed by atoms with Crippen molar-refractivity contribution in [1.82, 2.24) is 9.97 Å². The van der Waals surface area contributed by atoms with Gasteiger partial charge in [0.15, 0.2) is 11.5 Å². The first-order valence-electron chi connectivity index (χ1n) is 7.80. The molecular weight excluding hydrogens is 316 g/mol. The zero-order chi connectivity index (χ0) is 17.8. The number of nitrogens with one attached hydrogen (secondary N) is 1. The first-order valence-corrected chi connectivity index (χ1v) is 7.80. The Labute approximate surface area is 145 Å². The highest BCUT2D eigenvalue weighted by Crippen LogP contribution is 2.30. The van der Waals surface area contributed by atoms with Crippen LogP contribution >= 0.6 is 0 Å². The summed E-state index contributed by atoms with van der Waals surface area (Å²) in [6.07, 6.45) is 3.33. The van der Waals surface area contributed by atoms with Crippen LogP contribution < -0.4 is 10.3 Å². The van der Waals surface area contributed by atoms with E-state index in [9.17, 15) is 9.90 Å². The van der Waals surface area contributed by atoms with Crippen molar-refractivity contribution in [1.29, 1.82) is 0 Å². The first-order chi connectivity index (χ1) is 12.1. The molecule has 0 atom stereocenters. The van der Waals surface area contributed by atoms with Crippen LogP contribution in [0.3, 0.4) is 0 Å². The summed E-state index contributed by atoms with van der Waals surface area (Å²) in [4.78, 5) is 19.7. The molecular formula is C20H18N2O3. The van der Waals surface area contributed by atoms with Crippen LogP contribution in [0.1, 0.15) is 17.1 Å². The SMILES string of the molecule is COc1cccc(/C=C/c2nc(C)c(-c3ccccc3)c(=O)[nH]2)c1O. The molecule has 0 saturated carbocycles. The van der Waals surface area contributed by atoms with E-state index in [4.69, 9.17) is 4.74 Å². The van der Waals surface area contributed by atoms with Gasteiger partial charge in [-0.25, -0.2) is 4.98 Å². The van der Waals surface area contributed by atoms with E-state index in [1.54, 1.807) is 37.3 Å². The maximum atomic E-state index is 12.4. The molecule has 1 aromatic heterocycles. The van der Waals surface area contributed by atoms with Crippen molar-refractivity contribution >= 4 is 12.2 Å². The number of phenols is 1. The zero-order valence-electron chi connectivity index (χ0n) is 14.0. The predicted octanol–water partition coefficient (Wildman–Crippen LogP) is 3.63.